The van der Waals surface area contributed by atoms with Crippen LogP contribution in [0.3, 0.4) is 0 Å². The van der Waals surface area contributed by atoms with Crippen LogP contribution in [0.4, 0.5) is 4.39 Å². The molecule has 0 heterocycles. The summed E-state index contributed by atoms with van der Waals surface area (Å²) in [5.74, 6) is -0.509. The molecular weight excluding hydrogens is 188 g/mol. The fourth-order valence-electron chi connectivity index (χ4n) is 0.726. The molecule has 0 fully saturated rings. The first kappa shape index (κ1) is 8.50. The number of halogens is 3. The Morgan fingerprint density at radius 3 is 2.45 bits per heavy atom. The van der Waals surface area contributed by atoms with E-state index >= 15 is 0 Å². The van der Waals surface area contributed by atoms with E-state index in [9.17, 15) is 4.39 Å². The van der Waals surface area contributed by atoms with Gasteiger partial charge in [-0.15, -0.1) is 0 Å². The summed E-state index contributed by atoms with van der Waals surface area (Å²) in [5.41, 5.74) is 0.0656. The summed E-state index contributed by atoms with van der Waals surface area (Å²) < 4.78 is 12.8. The molecule has 0 bridgehead atoms. The molecule has 0 aliphatic rings. The lowest BCUT2D eigenvalue weighted by Gasteiger charge is -1.96. The van der Waals surface area contributed by atoms with E-state index in [4.69, 9.17) is 28.6 Å². The molecule has 1 nitrogen and oxygen atoms in total. The van der Waals surface area contributed by atoms with Crippen molar-refractivity contribution < 1.29 is 9.80 Å². The van der Waals surface area contributed by atoms with Crippen LogP contribution >= 0.6 is 23.2 Å². The predicted octanol–water partition coefficient (Wildman–Crippen LogP) is 1.22. The molecule has 0 radical (unpaired) electrons. The SMILES string of the molecule is [NH2+]=C(Cl)c1c(F)cccc1Cl. The smallest absolute Gasteiger partial charge is 0.244 e. The van der Waals surface area contributed by atoms with Gasteiger partial charge in [0, 0.05) is 0 Å². The van der Waals surface area contributed by atoms with E-state index in [2.05, 4.69) is 0 Å². The van der Waals surface area contributed by atoms with Crippen LogP contribution in [0, 0.1) is 5.82 Å². The van der Waals surface area contributed by atoms with E-state index in [1.165, 1.54) is 18.2 Å². The van der Waals surface area contributed by atoms with Crippen LogP contribution in [0.25, 0.3) is 0 Å². The minimum Gasteiger partial charge on any atom is -0.244 e. The maximum atomic E-state index is 12.8. The van der Waals surface area contributed by atoms with Crippen LogP contribution in [0.5, 0.6) is 0 Å². The van der Waals surface area contributed by atoms with Gasteiger partial charge in [-0.05, 0) is 23.7 Å². The van der Waals surface area contributed by atoms with E-state index in [0.717, 1.165) is 0 Å². The summed E-state index contributed by atoms with van der Waals surface area (Å²) in [6.07, 6.45) is 0. The molecule has 0 amide bonds. The molecule has 0 aliphatic carbocycles. The third-order valence-electron chi connectivity index (χ3n) is 1.20. The zero-order valence-corrected chi connectivity index (χ0v) is 6.96. The summed E-state index contributed by atoms with van der Waals surface area (Å²) in [5, 5.41) is 5.26. The molecule has 0 saturated heterocycles. The highest BCUT2D eigenvalue weighted by Crippen LogP contribution is 2.19. The molecule has 4 heteroatoms. The second-order valence-electron chi connectivity index (χ2n) is 1.94. The van der Waals surface area contributed by atoms with Crippen molar-refractivity contribution in [3.63, 3.8) is 0 Å². The van der Waals surface area contributed by atoms with Gasteiger partial charge in [0.1, 0.15) is 11.4 Å². The Kier molecular flexibility index (Phi) is 2.47. The van der Waals surface area contributed by atoms with Crippen molar-refractivity contribution >= 4 is 28.4 Å². The van der Waals surface area contributed by atoms with Crippen molar-refractivity contribution in [2.75, 3.05) is 0 Å². The van der Waals surface area contributed by atoms with Gasteiger partial charge in [0.05, 0.1) is 5.02 Å². The van der Waals surface area contributed by atoms with Gasteiger partial charge in [0.15, 0.2) is 0 Å². The van der Waals surface area contributed by atoms with E-state index in [1.54, 1.807) is 0 Å². The van der Waals surface area contributed by atoms with E-state index < -0.39 is 5.82 Å². The monoisotopic (exact) mass is 192 g/mol. The Hall–Kier alpha value is -0.600. The summed E-state index contributed by atoms with van der Waals surface area (Å²) >= 11 is 11.0. The van der Waals surface area contributed by atoms with Gasteiger partial charge in [0.25, 0.3) is 5.17 Å². The summed E-state index contributed by atoms with van der Waals surface area (Å²) in [4.78, 5) is 0. The number of hydrogen-bond donors (Lipinski definition) is 1. The highest BCUT2D eigenvalue weighted by Gasteiger charge is 2.13. The third kappa shape index (κ3) is 1.70. The van der Waals surface area contributed by atoms with Crippen molar-refractivity contribution in [3.8, 4) is 0 Å². The van der Waals surface area contributed by atoms with Crippen molar-refractivity contribution in [2.24, 2.45) is 0 Å². The van der Waals surface area contributed by atoms with Crippen molar-refractivity contribution in [1.29, 1.82) is 0 Å². The third-order valence-corrected chi connectivity index (χ3v) is 1.71. The zero-order chi connectivity index (χ0) is 8.43. The largest absolute Gasteiger partial charge is 0.278 e. The first-order valence-electron chi connectivity index (χ1n) is 2.85. The Morgan fingerprint density at radius 2 is 2.09 bits per heavy atom. The molecule has 0 atom stereocenters. The lowest BCUT2D eigenvalue weighted by molar-refractivity contribution is -0.108. The Bertz CT molecular complexity index is 278. The first-order valence-corrected chi connectivity index (χ1v) is 3.61. The molecule has 1 aromatic rings. The van der Waals surface area contributed by atoms with Crippen LogP contribution < -0.4 is 5.41 Å². The van der Waals surface area contributed by atoms with E-state index in [0.29, 0.717) is 0 Å². The highest BCUT2D eigenvalue weighted by atomic mass is 35.5. The number of rotatable bonds is 1. The Morgan fingerprint density at radius 1 is 1.45 bits per heavy atom. The van der Waals surface area contributed by atoms with Gasteiger partial charge in [-0.3, -0.25) is 0 Å². The standard InChI is InChI=1S/C7H4Cl2FN/c8-4-2-1-3-5(10)6(4)7(9)11/h1-3,11H/p+1. The van der Waals surface area contributed by atoms with Gasteiger partial charge in [-0.25, -0.2) is 9.80 Å². The Labute approximate surface area is 73.3 Å². The topological polar surface area (TPSA) is 25.6 Å². The lowest BCUT2D eigenvalue weighted by Crippen LogP contribution is -2.37. The maximum absolute atomic E-state index is 12.8. The second kappa shape index (κ2) is 3.20. The Balaban J connectivity index is 3.32. The van der Waals surface area contributed by atoms with Gasteiger partial charge < -0.3 is 0 Å². The van der Waals surface area contributed by atoms with Crippen LogP contribution in [-0.4, -0.2) is 5.17 Å². The lowest BCUT2D eigenvalue weighted by atomic mass is 10.2. The predicted molar refractivity (Wildman–Crippen MR) is 43.3 cm³/mol. The summed E-state index contributed by atoms with van der Waals surface area (Å²) in [6, 6.07) is 4.26. The first-order chi connectivity index (χ1) is 5.13. The molecule has 0 aliphatic heterocycles. The van der Waals surface area contributed by atoms with Gasteiger partial charge in [-0.2, -0.15) is 0 Å². The number of hydrogen-bond acceptors (Lipinski definition) is 0. The molecule has 2 N–H and O–H groups in total. The molecular formula is C7H5Cl2FN+. The fourth-order valence-corrected chi connectivity index (χ4v) is 1.23. The normalized spacial score (nSPS) is 9.73. The van der Waals surface area contributed by atoms with E-state index in [1.807, 2.05) is 0 Å². The minimum atomic E-state index is -0.509. The zero-order valence-electron chi connectivity index (χ0n) is 5.44. The maximum Gasteiger partial charge on any atom is 0.278 e. The molecule has 11 heavy (non-hydrogen) atoms. The van der Waals surface area contributed by atoms with Crippen LogP contribution in [-0.2, 0) is 0 Å². The van der Waals surface area contributed by atoms with Crippen LogP contribution in [0.1, 0.15) is 5.56 Å². The van der Waals surface area contributed by atoms with Gasteiger partial charge >= 0.3 is 0 Å². The van der Waals surface area contributed by atoms with Crippen molar-refractivity contribution in [1.82, 2.24) is 0 Å². The molecule has 0 spiro atoms. The number of benzene rings is 1. The average Bonchev–Trinajstić information content (AvgIpc) is 1.85. The molecule has 1 rings (SSSR count). The average molecular weight is 193 g/mol. The van der Waals surface area contributed by atoms with Crippen molar-refractivity contribution in [3.05, 3.63) is 34.6 Å². The molecule has 58 valence electrons. The van der Waals surface area contributed by atoms with Gasteiger partial charge in [-0.1, -0.05) is 17.7 Å². The molecule has 0 unspecified atom stereocenters. The fraction of sp³-hybridized carbons (Fsp3) is 0. The quantitative estimate of drug-likeness (QED) is 0.649. The van der Waals surface area contributed by atoms with Gasteiger partial charge in [0.2, 0.25) is 0 Å². The summed E-state index contributed by atoms with van der Waals surface area (Å²) in [6.45, 7) is 0. The number of nitrogens with two attached hydrogens (primary N) is 1. The van der Waals surface area contributed by atoms with Crippen LogP contribution in [0.15, 0.2) is 18.2 Å². The molecule has 0 saturated carbocycles. The molecule has 0 aromatic heterocycles. The van der Waals surface area contributed by atoms with Crippen molar-refractivity contribution in [2.45, 2.75) is 0 Å². The highest BCUT2D eigenvalue weighted by molar-refractivity contribution is 6.68. The van der Waals surface area contributed by atoms with E-state index in [-0.39, 0.29) is 15.8 Å². The summed E-state index contributed by atoms with van der Waals surface area (Å²) in [7, 11) is 0. The van der Waals surface area contributed by atoms with Crippen LogP contribution in [0.2, 0.25) is 5.02 Å². The minimum absolute atomic E-state index is 0.0656. The molecule has 1 aromatic carbocycles. The second-order valence-corrected chi connectivity index (χ2v) is 2.76.